The van der Waals surface area contributed by atoms with Crippen LogP contribution in [-0.4, -0.2) is 30.5 Å². The van der Waals surface area contributed by atoms with Crippen molar-refractivity contribution in [1.29, 1.82) is 0 Å². The van der Waals surface area contributed by atoms with E-state index in [2.05, 4.69) is 45.0 Å². The molecule has 0 bridgehead atoms. The summed E-state index contributed by atoms with van der Waals surface area (Å²) < 4.78 is 20.3. The van der Waals surface area contributed by atoms with Gasteiger partial charge in [0.05, 0.1) is 23.4 Å². The van der Waals surface area contributed by atoms with Crippen LogP contribution in [0.4, 0.5) is 4.79 Å². The Labute approximate surface area is 266 Å². The normalized spacial score (nSPS) is 12.2. The quantitative estimate of drug-likeness (QED) is 0.131. The Hall–Kier alpha value is -4.46. The van der Waals surface area contributed by atoms with Gasteiger partial charge in [0.25, 0.3) is 8.32 Å². The Balaban J connectivity index is 1.61. The van der Waals surface area contributed by atoms with E-state index in [-0.39, 0.29) is 18.3 Å². The maximum absolute atomic E-state index is 13.8. The summed E-state index contributed by atoms with van der Waals surface area (Å²) >= 11 is 0. The summed E-state index contributed by atoms with van der Waals surface area (Å²) in [6, 6.07) is 37.4. The molecule has 0 fully saturated rings. The van der Waals surface area contributed by atoms with Gasteiger partial charge < -0.3 is 13.9 Å². The number of carbonyl (C=O) groups is 2. The molecule has 5 aromatic rings. The number of hydrogen-bond donors (Lipinski definition) is 0. The predicted octanol–water partition coefficient (Wildman–Crippen LogP) is 7.86. The zero-order valence-corrected chi connectivity index (χ0v) is 27.9. The molecule has 0 spiro atoms. The molecule has 1 aromatic heterocycles. The van der Waals surface area contributed by atoms with Crippen LogP contribution in [0.1, 0.15) is 63.2 Å². The highest BCUT2D eigenvalue weighted by Crippen LogP contribution is 2.38. The van der Waals surface area contributed by atoms with Gasteiger partial charge in [0.2, 0.25) is 0 Å². The van der Waals surface area contributed by atoms with Crippen molar-refractivity contribution in [2.45, 2.75) is 65.4 Å². The van der Waals surface area contributed by atoms with Crippen LogP contribution in [0.5, 0.6) is 0 Å². The highest BCUT2D eigenvalue weighted by Gasteiger charge is 2.50. The fourth-order valence-electron chi connectivity index (χ4n) is 5.84. The molecule has 45 heavy (non-hydrogen) atoms. The van der Waals surface area contributed by atoms with E-state index >= 15 is 0 Å². The Morgan fingerprint density at radius 3 is 1.78 bits per heavy atom. The zero-order chi connectivity index (χ0) is 32.2. The van der Waals surface area contributed by atoms with Crippen molar-refractivity contribution in [1.82, 2.24) is 4.57 Å². The van der Waals surface area contributed by atoms with Gasteiger partial charge in [0.15, 0.2) is 0 Å². The van der Waals surface area contributed by atoms with Gasteiger partial charge in [-0.2, -0.15) is 0 Å². The molecule has 5 rings (SSSR count). The Bertz CT molecular complexity index is 1730. The molecule has 0 atom stereocenters. The summed E-state index contributed by atoms with van der Waals surface area (Å²) in [5.74, 6) is -0.467. The maximum atomic E-state index is 13.8. The zero-order valence-electron chi connectivity index (χ0n) is 26.9. The van der Waals surface area contributed by atoms with E-state index in [1.165, 1.54) is 4.57 Å². The maximum Gasteiger partial charge on any atom is 0.419 e. The largest absolute Gasteiger partial charge is 0.457 e. The number of benzene rings is 4. The first-order chi connectivity index (χ1) is 21.4. The summed E-state index contributed by atoms with van der Waals surface area (Å²) in [5, 5.41) is 2.61. The average molecular weight is 620 g/mol. The first kappa shape index (κ1) is 31.9. The summed E-state index contributed by atoms with van der Waals surface area (Å²) in [4.78, 5) is 27.2. The second-order valence-electron chi connectivity index (χ2n) is 13.2. The highest BCUT2D eigenvalue weighted by molar-refractivity contribution is 6.99. The van der Waals surface area contributed by atoms with Gasteiger partial charge in [-0.25, -0.2) is 14.2 Å². The molecule has 232 valence electrons. The number of ether oxygens (including phenoxy) is 2. The average Bonchev–Trinajstić information content (AvgIpc) is 3.39. The third kappa shape index (κ3) is 6.80. The second kappa shape index (κ2) is 12.9. The van der Waals surface area contributed by atoms with Gasteiger partial charge in [0.1, 0.15) is 12.2 Å². The van der Waals surface area contributed by atoms with Gasteiger partial charge in [0, 0.05) is 5.39 Å². The molecule has 0 radical (unpaired) electrons. The van der Waals surface area contributed by atoms with Crippen LogP contribution in [0.25, 0.3) is 10.9 Å². The predicted molar refractivity (Wildman–Crippen MR) is 182 cm³/mol. The highest BCUT2D eigenvalue weighted by atomic mass is 28.4. The Kier molecular flexibility index (Phi) is 9.14. The van der Waals surface area contributed by atoms with Crippen molar-refractivity contribution in [3.63, 3.8) is 0 Å². The molecule has 0 saturated heterocycles. The molecular formula is C38H41NO5Si. The van der Waals surface area contributed by atoms with Crippen molar-refractivity contribution >= 4 is 41.7 Å². The molecule has 1 heterocycles. The van der Waals surface area contributed by atoms with Crippen molar-refractivity contribution in [2.24, 2.45) is 0 Å². The fourth-order valence-corrected chi connectivity index (χ4v) is 10.4. The van der Waals surface area contributed by atoms with Gasteiger partial charge in [-0.05, 0) is 59.9 Å². The monoisotopic (exact) mass is 619 g/mol. The third-order valence-electron chi connectivity index (χ3n) is 7.78. The Morgan fingerprint density at radius 2 is 1.24 bits per heavy atom. The van der Waals surface area contributed by atoms with Crippen LogP contribution >= 0.6 is 0 Å². The first-order valence-electron chi connectivity index (χ1n) is 15.2. The number of aromatic nitrogens is 1. The molecule has 0 aliphatic heterocycles. The number of rotatable bonds is 8. The molecule has 7 heteroatoms. The summed E-state index contributed by atoms with van der Waals surface area (Å²) in [7, 11) is -2.93. The lowest BCUT2D eigenvalue weighted by molar-refractivity contribution is 0.0472. The van der Waals surface area contributed by atoms with E-state index in [9.17, 15) is 9.59 Å². The van der Waals surface area contributed by atoms with Crippen LogP contribution in [0.3, 0.4) is 0 Å². The lowest BCUT2D eigenvalue weighted by atomic mass is 10.1. The van der Waals surface area contributed by atoms with E-state index in [1.807, 2.05) is 99.6 Å². The third-order valence-corrected chi connectivity index (χ3v) is 12.8. The molecule has 0 amide bonds. The summed E-state index contributed by atoms with van der Waals surface area (Å²) in [6.07, 6.45) is -0.534. The molecule has 4 aromatic carbocycles. The van der Waals surface area contributed by atoms with Gasteiger partial charge >= 0.3 is 12.1 Å². The molecule has 0 N–H and O–H groups in total. The lowest BCUT2D eigenvalue weighted by Gasteiger charge is -2.43. The molecule has 0 saturated carbocycles. The van der Waals surface area contributed by atoms with Crippen molar-refractivity contribution < 1.29 is 23.5 Å². The minimum Gasteiger partial charge on any atom is -0.457 e. The van der Waals surface area contributed by atoms with E-state index in [0.717, 1.165) is 15.9 Å². The van der Waals surface area contributed by atoms with Gasteiger partial charge in [-0.1, -0.05) is 118 Å². The number of nitrogens with zero attached hydrogens (tertiary/aromatic N) is 1. The van der Waals surface area contributed by atoms with Gasteiger partial charge in [-0.15, -0.1) is 0 Å². The molecular weight excluding hydrogens is 579 g/mol. The van der Waals surface area contributed by atoms with E-state index < -0.39 is 26.0 Å². The SMILES string of the molecule is CC(C)(C)OC(=O)n1c(CO[Si](c2ccccc2)(c2ccccc2)C(C)(C)C)cc2c(C(=O)OCc3ccccc3)cccc21. The minimum atomic E-state index is -2.93. The smallest absolute Gasteiger partial charge is 0.419 e. The van der Waals surface area contributed by atoms with E-state index in [0.29, 0.717) is 22.2 Å². The molecule has 0 aliphatic carbocycles. The van der Waals surface area contributed by atoms with Crippen LogP contribution in [0.2, 0.25) is 5.04 Å². The molecule has 0 aliphatic rings. The molecule has 6 nitrogen and oxygen atoms in total. The minimum absolute atomic E-state index is 0.125. The number of esters is 1. The number of hydrogen-bond acceptors (Lipinski definition) is 5. The van der Waals surface area contributed by atoms with Crippen LogP contribution in [0.15, 0.2) is 115 Å². The van der Waals surface area contributed by atoms with Crippen molar-refractivity contribution in [2.75, 3.05) is 0 Å². The summed E-state index contributed by atoms with van der Waals surface area (Å²) in [5.41, 5.74) is 1.69. The first-order valence-corrected chi connectivity index (χ1v) is 17.1. The van der Waals surface area contributed by atoms with E-state index in [4.69, 9.17) is 13.9 Å². The molecule has 0 unspecified atom stereocenters. The standard InChI is InChI=1S/C38H41NO5Si/c1-37(2,3)44-36(41)39-29(25-33-32(23-16-24-34(33)39)35(40)42-26-28-17-10-7-11-18-28)27-43-45(38(4,5)6,30-19-12-8-13-20-30)31-21-14-9-15-22-31/h7-25H,26-27H2,1-6H3. The van der Waals surface area contributed by atoms with Crippen LogP contribution in [-0.2, 0) is 27.1 Å². The number of carbonyl (C=O) groups excluding carboxylic acids is 2. The topological polar surface area (TPSA) is 66.8 Å². The van der Waals surface area contributed by atoms with Crippen molar-refractivity contribution in [3.05, 3.63) is 132 Å². The fraction of sp³-hybridized carbons (Fsp3) is 0.263. The van der Waals surface area contributed by atoms with Gasteiger partial charge in [-0.3, -0.25) is 0 Å². The van der Waals surface area contributed by atoms with Crippen LogP contribution in [0, 0.1) is 0 Å². The lowest BCUT2D eigenvalue weighted by Crippen LogP contribution is -2.66. The van der Waals surface area contributed by atoms with E-state index in [1.54, 1.807) is 12.1 Å². The second-order valence-corrected chi connectivity index (χ2v) is 17.5. The van der Waals surface area contributed by atoms with Crippen LogP contribution < -0.4 is 10.4 Å². The van der Waals surface area contributed by atoms with Crippen molar-refractivity contribution in [3.8, 4) is 0 Å². The number of fused-ring (bicyclic) bond motifs is 1. The summed E-state index contributed by atoms with van der Waals surface area (Å²) in [6.45, 7) is 12.4. The Morgan fingerprint density at radius 1 is 0.689 bits per heavy atom.